The van der Waals surface area contributed by atoms with Crippen LogP contribution in [0.5, 0.6) is 5.75 Å². The van der Waals surface area contributed by atoms with Gasteiger partial charge in [0.05, 0.1) is 49.3 Å². The van der Waals surface area contributed by atoms with E-state index in [-0.39, 0.29) is 78.7 Å². The number of halogens is 1. The number of methoxy groups -OCH3 is 2. The van der Waals surface area contributed by atoms with Crippen molar-refractivity contribution in [2.45, 2.75) is 145 Å². The highest BCUT2D eigenvalue weighted by molar-refractivity contribution is 8.00. The normalized spacial score (nSPS) is 32.5. The molecule has 6 rings (SSSR count). The van der Waals surface area contributed by atoms with Crippen molar-refractivity contribution >= 4 is 64.7 Å². The van der Waals surface area contributed by atoms with E-state index in [0.29, 0.717) is 43.0 Å². The Balaban J connectivity index is 1.08. The first-order valence-corrected chi connectivity index (χ1v) is 25.6. The number of thioether (sulfide) groups is 1. The number of ether oxygens (including phenoxy) is 5. The monoisotopic (exact) mass is 1000 g/mol. The minimum absolute atomic E-state index is 0.00859. The zero-order valence-electron chi connectivity index (χ0n) is 41.5. The standard InChI is InChI=1S/C50H72ClN5O12S/c1-29-13-12-14-39(65-9)50(63)26-37(67-48(62)53-50)31(3)45-49(4,68-45)40(25-42(58)55(7)35-22-33(21-29)23-36(64-8)44(35)51)66-28-30(2)54(6)41(57)15-10-11-20-69-38-24-43(59)56(47(38)61)27-32-16-18-34(19-17-32)46(60)52-5/h12-14,22-23,30-32,34,37-40,45,63H,10-11,15-21,24-28H2,1-9H3,(H,52,60)(H,53,62)/b14-12+,29-13+/t30-,31+,32?,34?,37?,38?,39+,40-,45-,49-,50-/m0/s1. The van der Waals surface area contributed by atoms with Gasteiger partial charge in [0.25, 0.3) is 0 Å². The lowest BCUT2D eigenvalue weighted by molar-refractivity contribution is -0.142. The molecule has 1 aliphatic carbocycles. The third-order valence-corrected chi connectivity index (χ3v) is 16.4. The van der Waals surface area contributed by atoms with Crippen LogP contribution in [0.1, 0.15) is 97.5 Å². The van der Waals surface area contributed by atoms with Gasteiger partial charge in [-0.1, -0.05) is 42.3 Å². The number of hydrogen-bond acceptors (Lipinski definition) is 13. The summed E-state index contributed by atoms with van der Waals surface area (Å²) in [5.41, 5.74) is -0.601. The third-order valence-electron chi connectivity index (χ3n) is 14.8. The number of epoxide rings is 1. The Bertz CT molecular complexity index is 2140. The topological polar surface area (TPSA) is 206 Å². The molecule has 4 fully saturated rings. The molecule has 3 N–H and O–H groups in total. The maximum absolute atomic E-state index is 14.3. The lowest BCUT2D eigenvalue weighted by Crippen LogP contribution is -2.63. The molecule has 0 radical (unpaired) electrons. The van der Waals surface area contributed by atoms with E-state index in [1.165, 1.54) is 35.8 Å². The Kier molecular flexibility index (Phi) is 18.3. The number of carbonyl (C=O) groups is 6. The van der Waals surface area contributed by atoms with Crippen LogP contribution in [0.15, 0.2) is 35.9 Å². The summed E-state index contributed by atoms with van der Waals surface area (Å²) in [4.78, 5) is 83.5. The van der Waals surface area contributed by atoms with Crippen LogP contribution < -0.4 is 20.3 Å². The van der Waals surface area contributed by atoms with Crippen LogP contribution in [0.2, 0.25) is 5.02 Å². The maximum Gasteiger partial charge on any atom is 0.409 e. The first kappa shape index (κ1) is 54.1. The SMILES string of the molecule is CNC(=O)C1CCC(CN2C(=O)CC(SCCCCC(=O)N(C)[C@@H](C)CO[C@H]3CC(=O)N(C)c4cc(cc(OC)c4Cl)C/C(C)=C/C=C/[C@@H](OC)[C@@]4(O)CC(OC(=O)N4)[C@@H](C)[C@@H]4O[C@@]34C)C2=O)CC1. The number of nitrogens with one attached hydrogen (secondary N) is 2. The maximum atomic E-state index is 14.3. The summed E-state index contributed by atoms with van der Waals surface area (Å²) < 4.78 is 30.1. The minimum Gasteiger partial charge on any atom is -0.495 e. The molecule has 2 unspecified atom stereocenters. The van der Waals surface area contributed by atoms with Gasteiger partial charge in [-0.3, -0.25) is 34.2 Å². The molecule has 19 heteroatoms. The van der Waals surface area contributed by atoms with Crippen LogP contribution in [0, 0.1) is 17.8 Å². The molecular formula is C50H72ClN5O12S. The van der Waals surface area contributed by atoms with Gasteiger partial charge in [-0.25, -0.2) is 4.79 Å². The number of unbranched alkanes of at least 4 members (excludes halogenated alkanes) is 1. The summed E-state index contributed by atoms with van der Waals surface area (Å²) in [6.45, 7) is 8.01. The second-order valence-electron chi connectivity index (χ2n) is 19.7. The molecule has 4 bridgehead atoms. The molecule has 1 aromatic carbocycles. The van der Waals surface area contributed by atoms with Gasteiger partial charge < -0.3 is 43.9 Å². The second kappa shape index (κ2) is 23.4. The Morgan fingerprint density at radius 2 is 1.83 bits per heavy atom. The number of anilines is 1. The Hall–Kier alpha value is -4.20. The molecule has 6 amide bonds. The lowest BCUT2D eigenvalue weighted by Gasteiger charge is -2.42. The van der Waals surface area contributed by atoms with Crippen LogP contribution in [0.25, 0.3) is 0 Å². The van der Waals surface area contributed by atoms with Crippen molar-refractivity contribution in [3.8, 4) is 5.75 Å². The van der Waals surface area contributed by atoms with Crippen molar-refractivity contribution in [1.82, 2.24) is 20.4 Å². The molecule has 1 saturated carbocycles. The summed E-state index contributed by atoms with van der Waals surface area (Å²) in [6, 6.07) is 3.27. The number of amides is 6. The first-order chi connectivity index (χ1) is 32.7. The highest BCUT2D eigenvalue weighted by Crippen LogP contribution is 2.49. The highest BCUT2D eigenvalue weighted by Gasteiger charge is 2.63. The fourth-order valence-electron chi connectivity index (χ4n) is 10.1. The molecule has 69 heavy (non-hydrogen) atoms. The van der Waals surface area contributed by atoms with Gasteiger partial charge in [-0.05, 0) is 95.1 Å². The van der Waals surface area contributed by atoms with E-state index in [1.807, 2.05) is 45.9 Å². The van der Waals surface area contributed by atoms with E-state index in [4.69, 9.17) is 35.3 Å². The predicted octanol–water partition coefficient (Wildman–Crippen LogP) is 5.57. The summed E-state index contributed by atoms with van der Waals surface area (Å²) in [7, 11) is 7.97. The third kappa shape index (κ3) is 12.8. The van der Waals surface area contributed by atoms with Crippen molar-refractivity contribution in [2.75, 3.05) is 59.2 Å². The molecule has 382 valence electrons. The minimum atomic E-state index is -1.80. The predicted molar refractivity (Wildman–Crippen MR) is 262 cm³/mol. The number of rotatable bonds is 15. The quantitative estimate of drug-likeness (QED) is 0.112. The first-order valence-electron chi connectivity index (χ1n) is 24.2. The molecular weight excluding hydrogens is 930 g/mol. The summed E-state index contributed by atoms with van der Waals surface area (Å²) in [5, 5.41) is 17.0. The molecule has 0 spiro atoms. The number of benzene rings is 1. The number of carbonyl (C=O) groups excluding carboxylic acids is 6. The van der Waals surface area contributed by atoms with E-state index < -0.39 is 59.0 Å². The number of hydrogen-bond donors (Lipinski definition) is 3. The molecule has 17 nitrogen and oxygen atoms in total. The fourth-order valence-corrected chi connectivity index (χ4v) is 11.6. The van der Waals surface area contributed by atoms with Gasteiger partial charge >= 0.3 is 6.09 Å². The van der Waals surface area contributed by atoms with Gasteiger partial charge in [0.1, 0.15) is 28.6 Å². The number of fused-ring (bicyclic) bond motifs is 5. The van der Waals surface area contributed by atoms with Gasteiger partial charge in [0.2, 0.25) is 29.5 Å². The van der Waals surface area contributed by atoms with Crippen molar-refractivity contribution in [2.24, 2.45) is 17.8 Å². The number of aliphatic hydroxyl groups is 1. The van der Waals surface area contributed by atoms with Gasteiger partial charge in [-0.2, -0.15) is 0 Å². The molecule has 9 atom stereocenters. The van der Waals surface area contributed by atoms with Crippen molar-refractivity contribution in [1.29, 1.82) is 0 Å². The van der Waals surface area contributed by atoms with Crippen LogP contribution >= 0.6 is 23.4 Å². The van der Waals surface area contributed by atoms with Gasteiger partial charge in [0, 0.05) is 65.9 Å². The number of allylic oxidation sites excluding steroid dienone is 3. The molecule has 4 heterocycles. The molecule has 5 aliphatic rings. The van der Waals surface area contributed by atoms with Crippen LogP contribution in [0.4, 0.5) is 10.5 Å². The molecule has 1 aromatic rings. The summed E-state index contributed by atoms with van der Waals surface area (Å²) in [6.07, 6.45) is 6.64. The lowest BCUT2D eigenvalue weighted by atomic mass is 9.81. The number of likely N-dealkylation sites (N-methyl/N-ethyl adjacent to an activating group) is 1. The molecule has 3 saturated heterocycles. The number of alkyl carbamates (subject to hydrolysis) is 1. The van der Waals surface area contributed by atoms with Crippen molar-refractivity contribution < 1.29 is 57.6 Å². The Labute approximate surface area is 415 Å². The average Bonchev–Trinajstić information content (AvgIpc) is 3.95. The van der Waals surface area contributed by atoms with Crippen LogP contribution in [-0.2, 0) is 49.3 Å². The largest absolute Gasteiger partial charge is 0.495 e. The van der Waals surface area contributed by atoms with Crippen LogP contribution in [-0.4, -0.2) is 152 Å². The zero-order valence-corrected chi connectivity index (χ0v) is 43.1. The smallest absolute Gasteiger partial charge is 0.409 e. The summed E-state index contributed by atoms with van der Waals surface area (Å²) in [5.74, 6) is 0.139. The Morgan fingerprint density at radius 3 is 2.51 bits per heavy atom. The number of nitrogens with zero attached hydrogens (tertiary/aromatic N) is 3. The number of likely N-dealkylation sites (tertiary alicyclic amines) is 1. The van der Waals surface area contributed by atoms with Crippen LogP contribution in [0.3, 0.4) is 0 Å². The van der Waals surface area contributed by atoms with E-state index in [9.17, 15) is 33.9 Å². The molecule has 4 aliphatic heterocycles. The zero-order chi connectivity index (χ0) is 50.4. The summed E-state index contributed by atoms with van der Waals surface area (Å²) >= 11 is 8.31. The molecule has 0 aromatic heterocycles. The second-order valence-corrected chi connectivity index (χ2v) is 21.4. The van der Waals surface area contributed by atoms with Gasteiger partial charge in [-0.15, -0.1) is 11.8 Å². The Morgan fingerprint density at radius 1 is 1.10 bits per heavy atom. The van der Waals surface area contributed by atoms with Gasteiger partial charge in [0.15, 0.2) is 5.72 Å². The van der Waals surface area contributed by atoms with Crippen molar-refractivity contribution in [3.63, 3.8) is 0 Å². The van der Waals surface area contributed by atoms with E-state index in [1.54, 1.807) is 38.2 Å². The van der Waals surface area contributed by atoms with E-state index in [2.05, 4.69) is 10.6 Å². The van der Waals surface area contributed by atoms with E-state index in [0.717, 1.165) is 36.8 Å². The fraction of sp³-hybridized carbons (Fsp3) is 0.680. The van der Waals surface area contributed by atoms with E-state index >= 15 is 0 Å². The van der Waals surface area contributed by atoms with Crippen molar-refractivity contribution in [3.05, 3.63) is 46.5 Å². The number of imide groups is 1. The highest BCUT2D eigenvalue weighted by atomic mass is 35.5. The average molecular weight is 1000 g/mol.